The van der Waals surface area contributed by atoms with Gasteiger partial charge in [0.2, 0.25) is 5.91 Å². The lowest BCUT2D eigenvalue weighted by atomic mass is 10.0. The third-order valence-electron chi connectivity index (χ3n) is 2.97. The average molecular weight is 199 g/mol. The quantitative estimate of drug-likeness (QED) is 0.746. The molecule has 1 saturated heterocycles. The molecule has 0 saturated carbocycles. The van der Waals surface area contributed by atoms with Crippen molar-refractivity contribution in [2.24, 2.45) is 5.92 Å². The highest BCUT2D eigenvalue weighted by Crippen LogP contribution is 2.14. The number of carbonyl (C=O) groups excluding carboxylic acids is 1. The molecule has 14 heavy (non-hydrogen) atoms. The predicted molar refractivity (Wildman–Crippen MR) is 55.9 cm³/mol. The molecule has 2 atom stereocenters. The van der Waals surface area contributed by atoms with E-state index in [2.05, 4.69) is 13.8 Å². The first-order valence-corrected chi connectivity index (χ1v) is 5.59. The van der Waals surface area contributed by atoms with Crippen molar-refractivity contribution in [3.8, 4) is 0 Å². The van der Waals surface area contributed by atoms with Crippen LogP contribution in [0.25, 0.3) is 0 Å². The molecular weight excluding hydrogens is 178 g/mol. The summed E-state index contributed by atoms with van der Waals surface area (Å²) in [5.41, 5.74) is 0. The molecular formula is C11H21NO2. The van der Waals surface area contributed by atoms with E-state index in [1.54, 1.807) is 4.90 Å². The van der Waals surface area contributed by atoms with Crippen LogP contribution < -0.4 is 0 Å². The molecule has 1 rings (SSSR count). The van der Waals surface area contributed by atoms with Gasteiger partial charge >= 0.3 is 0 Å². The number of rotatable bonds is 3. The monoisotopic (exact) mass is 199 g/mol. The summed E-state index contributed by atoms with van der Waals surface area (Å²) in [6, 6.07) is 0. The molecule has 82 valence electrons. The predicted octanol–water partition coefficient (Wildman–Crippen LogP) is 1.41. The fourth-order valence-corrected chi connectivity index (χ4v) is 1.75. The average Bonchev–Trinajstić information content (AvgIpc) is 2.17. The topological polar surface area (TPSA) is 40.5 Å². The summed E-state index contributed by atoms with van der Waals surface area (Å²) in [6.45, 7) is 5.56. The molecule has 1 N–H and O–H groups in total. The van der Waals surface area contributed by atoms with Gasteiger partial charge in [-0.1, -0.05) is 20.3 Å². The van der Waals surface area contributed by atoms with Crippen LogP contribution in [0.15, 0.2) is 0 Å². The molecule has 3 heteroatoms. The minimum Gasteiger partial charge on any atom is -0.391 e. The number of carbonyl (C=O) groups is 1. The van der Waals surface area contributed by atoms with Crippen LogP contribution in [0.3, 0.4) is 0 Å². The minimum absolute atomic E-state index is 0.207. The highest BCUT2D eigenvalue weighted by atomic mass is 16.3. The van der Waals surface area contributed by atoms with Gasteiger partial charge in [0.1, 0.15) is 0 Å². The summed E-state index contributed by atoms with van der Waals surface area (Å²) in [5, 5.41) is 9.43. The second kappa shape index (κ2) is 5.35. The zero-order chi connectivity index (χ0) is 10.6. The van der Waals surface area contributed by atoms with Gasteiger partial charge in [0, 0.05) is 19.5 Å². The molecule has 0 aliphatic carbocycles. The van der Waals surface area contributed by atoms with Gasteiger partial charge in [-0.05, 0) is 18.8 Å². The smallest absolute Gasteiger partial charge is 0.222 e. The first kappa shape index (κ1) is 11.5. The van der Waals surface area contributed by atoms with Crippen LogP contribution in [-0.4, -0.2) is 35.1 Å². The molecule has 0 aromatic rings. The molecule has 1 aliphatic heterocycles. The normalized spacial score (nSPS) is 24.8. The molecule has 0 aromatic heterocycles. The first-order chi connectivity index (χ1) is 6.63. The molecule has 1 amide bonds. The van der Waals surface area contributed by atoms with Crippen LogP contribution >= 0.6 is 0 Å². The van der Waals surface area contributed by atoms with Crippen molar-refractivity contribution in [1.82, 2.24) is 4.90 Å². The zero-order valence-electron chi connectivity index (χ0n) is 9.20. The molecule has 1 fully saturated rings. The van der Waals surface area contributed by atoms with Gasteiger partial charge in [-0.15, -0.1) is 0 Å². The number of aliphatic hydroxyl groups excluding tert-OH is 1. The Balaban J connectivity index is 2.36. The SMILES string of the molecule is CC[C@@H](C)CC(=O)N1CCC[C@@H](O)C1. The standard InChI is InChI=1S/C11H21NO2/c1-3-9(2)7-11(14)12-6-4-5-10(13)8-12/h9-10,13H,3-8H2,1-2H3/t9-,10-/m1/s1. The van der Waals surface area contributed by atoms with Crippen LogP contribution in [0.1, 0.15) is 39.5 Å². The molecule has 0 bridgehead atoms. The van der Waals surface area contributed by atoms with E-state index in [9.17, 15) is 9.90 Å². The van der Waals surface area contributed by atoms with Gasteiger partial charge in [0.05, 0.1) is 6.10 Å². The lowest BCUT2D eigenvalue weighted by molar-refractivity contribution is -0.135. The molecule has 1 heterocycles. The van der Waals surface area contributed by atoms with Crippen molar-refractivity contribution in [2.75, 3.05) is 13.1 Å². The van der Waals surface area contributed by atoms with Crippen molar-refractivity contribution in [3.05, 3.63) is 0 Å². The number of amides is 1. The van der Waals surface area contributed by atoms with Gasteiger partial charge in [0.25, 0.3) is 0 Å². The van der Waals surface area contributed by atoms with E-state index >= 15 is 0 Å². The van der Waals surface area contributed by atoms with Crippen LogP contribution in [0, 0.1) is 5.92 Å². The summed E-state index contributed by atoms with van der Waals surface area (Å²) in [4.78, 5) is 13.5. The summed E-state index contributed by atoms with van der Waals surface area (Å²) >= 11 is 0. The molecule has 0 radical (unpaired) electrons. The second-order valence-electron chi connectivity index (χ2n) is 4.35. The van der Waals surface area contributed by atoms with Crippen molar-refractivity contribution >= 4 is 5.91 Å². The van der Waals surface area contributed by atoms with Gasteiger partial charge < -0.3 is 10.0 Å². The van der Waals surface area contributed by atoms with Gasteiger partial charge in [-0.25, -0.2) is 0 Å². The van der Waals surface area contributed by atoms with E-state index in [-0.39, 0.29) is 12.0 Å². The van der Waals surface area contributed by atoms with Crippen LogP contribution in [0.2, 0.25) is 0 Å². The van der Waals surface area contributed by atoms with E-state index in [0.717, 1.165) is 25.8 Å². The lowest BCUT2D eigenvalue weighted by Crippen LogP contribution is -2.42. The van der Waals surface area contributed by atoms with Crippen molar-refractivity contribution < 1.29 is 9.90 Å². The Labute approximate surface area is 86.1 Å². The lowest BCUT2D eigenvalue weighted by Gasteiger charge is -2.30. The van der Waals surface area contributed by atoms with Gasteiger partial charge in [-0.2, -0.15) is 0 Å². The maximum Gasteiger partial charge on any atom is 0.222 e. The Bertz CT molecular complexity index is 194. The van der Waals surface area contributed by atoms with Gasteiger partial charge in [0.15, 0.2) is 0 Å². The first-order valence-electron chi connectivity index (χ1n) is 5.59. The zero-order valence-corrected chi connectivity index (χ0v) is 9.20. The van der Waals surface area contributed by atoms with E-state index in [0.29, 0.717) is 18.9 Å². The van der Waals surface area contributed by atoms with Crippen LogP contribution in [-0.2, 0) is 4.79 Å². The fraction of sp³-hybridized carbons (Fsp3) is 0.909. The maximum atomic E-state index is 11.7. The van der Waals surface area contributed by atoms with Crippen molar-refractivity contribution in [1.29, 1.82) is 0 Å². The van der Waals surface area contributed by atoms with E-state index in [1.807, 2.05) is 0 Å². The van der Waals surface area contributed by atoms with E-state index in [1.165, 1.54) is 0 Å². The Morgan fingerprint density at radius 1 is 1.64 bits per heavy atom. The summed E-state index contributed by atoms with van der Waals surface area (Å²) in [5.74, 6) is 0.666. The summed E-state index contributed by atoms with van der Waals surface area (Å²) in [6.07, 6.45) is 3.15. The second-order valence-corrected chi connectivity index (χ2v) is 4.35. The number of hydrogen-bond acceptors (Lipinski definition) is 2. The van der Waals surface area contributed by atoms with Crippen LogP contribution in [0.4, 0.5) is 0 Å². The minimum atomic E-state index is -0.301. The highest BCUT2D eigenvalue weighted by molar-refractivity contribution is 5.76. The number of piperidine rings is 1. The number of β-amino-alcohol motifs (C(OH)–C–C–N with tert-alkyl or cyclic N) is 1. The fourth-order valence-electron chi connectivity index (χ4n) is 1.75. The summed E-state index contributed by atoms with van der Waals surface area (Å²) < 4.78 is 0. The van der Waals surface area contributed by atoms with Crippen molar-refractivity contribution in [2.45, 2.75) is 45.6 Å². The Morgan fingerprint density at radius 3 is 2.93 bits per heavy atom. The number of nitrogens with zero attached hydrogens (tertiary/aromatic N) is 1. The third-order valence-corrected chi connectivity index (χ3v) is 2.97. The molecule has 0 aromatic carbocycles. The molecule has 0 spiro atoms. The van der Waals surface area contributed by atoms with E-state index < -0.39 is 0 Å². The number of aliphatic hydroxyl groups is 1. The highest BCUT2D eigenvalue weighted by Gasteiger charge is 2.22. The summed E-state index contributed by atoms with van der Waals surface area (Å²) in [7, 11) is 0. The van der Waals surface area contributed by atoms with Crippen LogP contribution in [0.5, 0.6) is 0 Å². The number of hydrogen-bond donors (Lipinski definition) is 1. The largest absolute Gasteiger partial charge is 0.391 e. The van der Waals surface area contributed by atoms with Crippen molar-refractivity contribution in [3.63, 3.8) is 0 Å². The molecule has 3 nitrogen and oxygen atoms in total. The Morgan fingerprint density at radius 2 is 2.36 bits per heavy atom. The maximum absolute atomic E-state index is 11.7. The number of likely N-dealkylation sites (tertiary alicyclic amines) is 1. The molecule has 0 unspecified atom stereocenters. The van der Waals surface area contributed by atoms with Gasteiger partial charge in [-0.3, -0.25) is 4.79 Å². The molecule has 1 aliphatic rings. The Kier molecular flexibility index (Phi) is 4.39. The van der Waals surface area contributed by atoms with E-state index in [4.69, 9.17) is 0 Å². The third kappa shape index (κ3) is 3.29. The Hall–Kier alpha value is -0.570.